The first-order valence-corrected chi connectivity index (χ1v) is 6.56. The normalized spacial score (nSPS) is 18.7. The molecule has 1 aliphatic heterocycles. The molecule has 100 valence electrons. The molecule has 1 aliphatic rings. The Balaban J connectivity index is 1.93. The molecule has 0 radical (unpaired) electrons. The van der Waals surface area contributed by atoms with Crippen LogP contribution in [-0.4, -0.2) is 23.8 Å². The third-order valence-corrected chi connectivity index (χ3v) is 3.44. The van der Waals surface area contributed by atoms with Crippen molar-refractivity contribution in [3.05, 3.63) is 29.0 Å². The second-order valence-corrected chi connectivity index (χ2v) is 4.89. The van der Waals surface area contributed by atoms with Crippen LogP contribution in [-0.2, 0) is 0 Å². The van der Waals surface area contributed by atoms with Crippen LogP contribution < -0.4 is 10.1 Å². The van der Waals surface area contributed by atoms with Crippen molar-refractivity contribution in [2.45, 2.75) is 18.9 Å². The second-order valence-electron chi connectivity index (χ2n) is 4.45. The van der Waals surface area contributed by atoms with Gasteiger partial charge >= 0.3 is 0 Å². The van der Waals surface area contributed by atoms with E-state index >= 15 is 0 Å². The number of nitrogens with one attached hydrogen (secondary N) is 1. The highest BCUT2D eigenvalue weighted by Crippen LogP contribution is 2.32. The summed E-state index contributed by atoms with van der Waals surface area (Å²) in [5, 5.41) is 7.98. The van der Waals surface area contributed by atoms with E-state index in [1.54, 1.807) is 19.2 Å². The van der Waals surface area contributed by atoms with Gasteiger partial charge in [-0.05, 0) is 37.6 Å². The molecule has 1 saturated heterocycles. The predicted octanol–water partition coefficient (Wildman–Crippen LogP) is 2.82. The van der Waals surface area contributed by atoms with Gasteiger partial charge in [0.25, 0.3) is 5.89 Å². The molecule has 5 nitrogen and oxygen atoms in total. The molecule has 0 amide bonds. The summed E-state index contributed by atoms with van der Waals surface area (Å²) in [7, 11) is 1.59. The van der Waals surface area contributed by atoms with Crippen molar-refractivity contribution < 1.29 is 9.26 Å². The lowest BCUT2D eigenvalue weighted by Crippen LogP contribution is -2.14. The fourth-order valence-corrected chi connectivity index (χ4v) is 2.39. The highest BCUT2D eigenvalue weighted by atomic mass is 35.5. The SMILES string of the molecule is COc1cc(Cl)ccc1-c1nc(C2CCCN2)no1. The molecule has 1 N–H and O–H groups in total. The third kappa shape index (κ3) is 2.43. The first kappa shape index (κ1) is 12.4. The molecule has 2 aromatic rings. The maximum absolute atomic E-state index is 5.94. The Kier molecular flexibility index (Phi) is 3.40. The summed E-state index contributed by atoms with van der Waals surface area (Å²) in [4.78, 5) is 4.44. The zero-order chi connectivity index (χ0) is 13.2. The van der Waals surface area contributed by atoms with Crippen LogP contribution in [0.2, 0.25) is 5.02 Å². The van der Waals surface area contributed by atoms with E-state index in [0.717, 1.165) is 24.9 Å². The minimum atomic E-state index is 0.191. The minimum Gasteiger partial charge on any atom is -0.496 e. The molecule has 1 unspecified atom stereocenters. The van der Waals surface area contributed by atoms with Crippen LogP contribution >= 0.6 is 11.6 Å². The number of rotatable bonds is 3. The van der Waals surface area contributed by atoms with E-state index in [1.165, 1.54) is 0 Å². The zero-order valence-corrected chi connectivity index (χ0v) is 11.3. The lowest BCUT2D eigenvalue weighted by Gasteiger charge is -2.05. The molecule has 19 heavy (non-hydrogen) atoms. The standard InChI is InChI=1S/C13H14ClN3O2/c1-18-11-7-8(14)4-5-9(11)13-16-12(17-19-13)10-3-2-6-15-10/h4-5,7,10,15H,2-3,6H2,1H3. The van der Waals surface area contributed by atoms with Crippen molar-refractivity contribution in [3.8, 4) is 17.2 Å². The highest BCUT2D eigenvalue weighted by molar-refractivity contribution is 6.30. The molecule has 0 bridgehead atoms. The number of halogens is 1. The van der Waals surface area contributed by atoms with Crippen LogP contribution in [0, 0.1) is 0 Å². The van der Waals surface area contributed by atoms with Crippen LogP contribution in [0.5, 0.6) is 5.75 Å². The van der Waals surface area contributed by atoms with Gasteiger partial charge in [-0.3, -0.25) is 0 Å². The first-order chi connectivity index (χ1) is 9.28. The van der Waals surface area contributed by atoms with Crippen molar-refractivity contribution in [1.82, 2.24) is 15.5 Å². The largest absolute Gasteiger partial charge is 0.496 e. The van der Waals surface area contributed by atoms with Gasteiger partial charge in [0.1, 0.15) is 5.75 Å². The summed E-state index contributed by atoms with van der Waals surface area (Å²) >= 11 is 5.94. The maximum Gasteiger partial charge on any atom is 0.261 e. The van der Waals surface area contributed by atoms with Crippen molar-refractivity contribution >= 4 is 11.6 Å². The average molecular weight is 280 g/mol. The molecule has 1 aromatic heterocycles. The zero-order valence-electron chi connectivity index (χ0n) is 10.5. The summed E-state index contributed by atoms with van der Waals surface area (Å²) < 4.78 is 10.6. The summed E-state index contributed by atoms with van der Waals surface area (Å²) in [6, 6.07) is 5.52. The Bertz CT molecular complexity index is 579. The van der Waals surface area contributed by atoms with Crippen LogP contribution in [0.1, 0.15) is 24.7 Å². The summed E-state index contributed by atoms with van der Waals surface area (Å²) in [6.45, 7) is 0.999. The van der Waals surface area contributed by atoms with Crippen LogP contribution in [0.3, 0.4) is 0 Å². The summed E-state index contributed by atoms with van der Waals surface area (Å²) in [6.07, 6.45) is 2.18. The van der Waals surface area contributed by atoms with E-state index in [1.807, 2.05) is 6.07 Å². The number of ether oxygens (including phenoxy) is 1. The lowest BCUT2D eigenvalue weighted by atomic mass is 10.2. The number of benzene rings is 1. The molecule has 0 saturated carbocycles. The number of aromatic nitrogens is 2. The Hall–Kier alpha value is -1.59. The molecule has 6 heteroatoms. The fourth-order valence-electron chi connectivity index (χ4n) is 2.23. The first-order valence-electron chi connectivity index (χ1n) is 6.19. The molecule has 0 aliphatic carbocycles. The highest BCUT2D eigenvalue weighted by Gasteiger charge is 2.23. The second kappa shape index (κ2) is 5.19. The van der Waals surface area contributed by atoms with E-state index in [2.05, 4.69) is 15.5 Å². The minimum absolute atomic E-state index is 0.191. The van der Waals surface area contributed by atoms with Crippen molar-refractivity contribution in [3.63, 3.8) is 0 Å². The van der Waals surface area contributed by atoms with Crippen LogP contribution in [0.25, 0.3) is 11.5 Å². The molecule has 3 rings (SSSR count). The quantitative estimate of drug-likeness (QED) is 0.936. The van der Waals surface area contributed by atoms with Crippen LogP contribution in [0.15, 0.2) is 22.7 Å². The predicted molar refractivity (Wildman–Crippen MR) is 71.3 cm³/mol. The van der Waals surface area contributed by atoms with Gasteiger partial charge < -0.3 is 14.6 Å². The molecule has 1 aromatic carbocycles. The van der Waals surface area contributed by atoms with Gasteiger partial charge in [0.05, 0.1) is 18.7 Å². The van der Waals surface area contributed by atoms with Gasteiger partial charge in [0.15, 0.2) is 5.82 Å². The van der Waals surface area contributed by atoms with Crippen molar-refractivity contribution in [1.29, 1.82) is 0 Å². The van der Waals surface area contributed by atoms with Crippen molar-refractivity contribution in [2.24, 2.45) is 0 Å². The van der Waals surface area contributed by atoms with Gasteiger partial charge in [-0.2, -0.15) is 4.98 Å². The van der Waals surface area contributed by atoms with Gasteiger partial charge in [-0.15, -0.1) is 0 Å². The van der Waals surface area contributed by atoms with Gasteiger partial charge in [0, 0.05) is 5.02 Å². The number of methoxy groups -OCH3 is 1. The van der Waals surface area contributed by atoms with Crippen LogP contribution in [0.4, 0.5) is 0 Å². The van der Waals surface area contributed by atoms with E-state index in [0.29, 0.717) is 22.5 Å². The summed E-state index contributed by atoms with van der Waals surface area (Å²) in [5.41, 5.74) is 0.753. The molecule has 2 heterocycles. The third-order valence-electron chi connectivity index (χ3n) is 3.21. The van der Waals surface area contributed by atoms with Gasteiger partial charge in [0.2, 0.25) is 0 Å². The molecular formula is C13H14ClN3O2. The number of hydrogen-bond donors (Lipinski definition) is 1. The maximum atomic E-state index is 5.94. The molecule has 0 spiro atoms. The van der Waals surface area contributed by atoms with Gasteiger partial charge in [-0.25, -0.2) is 0 Å². The van der Waals surface area contributed by atoms with E-state index < -0.39 is 0 Å². The smallest absolute Gasteiger partial charge is 0.261 e. The number of hydrogen-bond acceptors (Lipinski definition) is 5. The Morgan fingerprint density at radius 2 is 2.37 bits per heavy atom. The number of nitrogens with zero attached hydrogens (tertiary/aromatic N) is 2. The van der Waals surface area contributed by atoms with Gasteiger partial charge in [-0.1, -0.05) is 16.8 Å². The molecule has 1 atom stereocenters. The van der Waals surface area contributed by atoms with E-state index in [-0.39, 0.29) is 6.04 Å². The van der Waals surface area contributed by atoms with E-state index in [9.17, 15) is 0 Å². The Labute approximate surface area is 115 Å². The molecule has 1 fully saturated rings. The van der Waals surface area contributed by atoms with E-state index in [4.69, 9.17) is 20.9 Å². The van der Waals surface area contributed by atoms with Crippen molar-refractivity contribution in [2.75, 3.05) is 13.7 Å². The average Bonchev–Trinajstić information content (AvgIpc) is 3.09. The monoisotopic (exact) mass is 279 g/mol. The molecular weight excluding hydrogens is 266 g/mol. The fraction of sp³-hybridized carbons (Fsp3) is 0.385. The summed E-state index contributed by atoms with van der Waals surface area (Å²) in [5.74, 6) is 1.78. The Morgan fingerprint density at radius 1 is 1.47 bits per heavy atom. The topological polar surface area (TPSA) is 60.2 Å². The lowest BCUT2D eigenvalue weighted by molar-refractivity contribution is 0.399. The Morgan fingerprint density at radius 3 is 3.11 bits per heavy atom.